The average molecular weight is 277 g/mol. The molecule has 1 aromatic rings. The first kappa shape index (κ1) is 14.8. The van der Waals surface area contributed by atoms with Crippen molar-refractivity contribution in [3.63, 3.8) is 0 Å². The van der Waals surface area contributed by atoms with E-state index in [0.717, 1.165) is 26.1 Å². The lowest BCUT2D eigenvalue weighted by molar-refractivity contribution is 0.0285. The second-order valence-electron chi connectivity index (χ2n) is 5.18. The molecule has 0 bridgehead atoms. The van der Waals surface area contributed by atoms with Crippen molar-refractivity contribution < 1.29 is 9.47 Å². The Morgan fingerprint density at radius 3 is 2.90 bits per heavy atom. The second kappa shape index (κ2) is 6.72. The molecule has 0 amide bonds. The molecule has 0 radical (unpaired) electrons. The molecule has 1 aliphatic rings. The summed E-state index contributed by atoms with van der Waals surface area (Å²) >= 11 is 0. The Hall–Kier alpha value is -1.59. The van der Waals surface area contributed by atoms with Gasteiger partial charge in [0, 0.05) is 20.2 Å². The predicted octanol–water partition coefficient (Wildman–Crippen LogP) is 1.59. The van der Waals surface area contributed by atoms with Gasteiger partial charge in [-0.05, 0) is 37.1 Å². The number of methoxy groups -OCH3 is 2. The highest BCUT2D eigenvalue weighted by atomic mass is 16.5. The van der Waals surface area contributed by atoms with Crippen molar-refractivity contribution >= 4 is 5.84 Å². The van der Waals surface area contributed by atoms with Crippen molar-refractivity contribution in [1.82, 2.24) is 4.90 Å². The van der Waals surface area contributed by atoms with E-state index >= 15 is 0 Å². The number of ether oxygens (including phenoxy) is 2. The lowest BCUT2D eigenvalue weighted by Crippen LogP contribution is -2.38. The highest BCUT2D eigenvalue weighted by molar-refractivity contribution is 5.97. The number of nitrogens with one attached hydrogen (secondary N) is 1. The maximum Gasteiger partial charge on any atom is 0.130 e. The lowest BCUT2D eigenvalue weighted by Gasteiger charge is -2.32. The van der Waals surface area contributed by atoms with Crippen LogP contribution < -0.4 is 10.5 Å². The number of amidine groups is 1. The van der Waals surface area contributed by atoms with Gasteiger partial charge in [0.15, 0.2) is 0 Å². The van der Waals surface area contributed by atoms with Gasteiger partial charge in [-0.3, -0.25) is 10.3 Å². The molecule has 1 aromatic carbocycles. The predicted molar refractivity (Wildman–Crippen MR) is 79.3 cm³/mol. The first-order chi connectivity index (χ1) is 9.63. The van der Waals surface area contributed by atoms with Crippen LogP contribution in [-0.4, -0.2) is 44.1 Å². The number of piperidine rings is 1. The van der Waals surface area contributed by atoms with Crippen molar-refractivity contribution in [3.05, 3.63) is 29.3 Å². The van der Waals surface area contributed by atoms with E-state index in [1.54, 1.807) is 14.2 Å². The summed E-state index contributed by atoms with van der Waals surface area (Å²) < 4.78 is 10.8. The van der Waals surface area contributed by atoms with Gasteiger partial charge in [-0.2, -0.15) is 0 Å². The summed E-state index contributed by atoms with van der Waals surface area (Å²) in [6.07, 6.45) is 2.64. The first-order valence-electron chi connectivity index (χ1n) is 6.90. The summed E-state index contributed by atoms with van der Waals surface area (Å²) in [6, 6.07) is 5.83. The Bertz CT molecular complexity index is 476. The van der Waals surface area contributed by atoms with Gasteiger partial charge >= 0.3 is 0 Å². The Morgan fingerprint density at radius 2 is 2.25 bits per heavy atom. The van der Waals surface area contributed by atoms with Crippen molar-refractivity contribution in [1.29, 1.82) is 5.41 Å². The van der Waals surface area contributed by atoms with Crippen molar-refractivity contribution in [2.45, 2.75) is 25.5 Å². The summed E-state index contributed by atoms with van der Waals surface area (Å²) in [7, 11) is 3.38. The maximum atomic E-state index is 7.53. The van der Waals surface area contributed by atoms with E-state index in [0.29, 0.717) is 17.4 Å². The highest BCUT2D eigenvalue weighted by Gasteiger charge is 2.19. The third-order valence-corrected chi connectivity index (χ3v) is 3.76. The molecule has 0 aliphatic carbocycles. The van der Waals surface area contributed by atoms with Gasteiger partial charge in [-0.15, -0.1) is 0 Å². The molecule has 3 N–H and O–H groups in total. The first-order valence-corrected chi connectivity index (χ1v) is 6.90. The van der Waals surface area contributed by atoms with Crippen molar-refractivity contribution in [2.24, 2.45) is 5.73 Å². The SMILES string of the molecule is COc1cc(CN2CCCC(OC)C2)ccc1C(=N)N. The van der Waals surface area contributed by atoms with Gasteiger partial charge in [0.2, 0.25) is 0 Å². The fourth-order valence-corrected chi connectivity index (χ4v) is 2.66. The fraction of sp³-hybridized carbons (Fsp3) is 0.533. The van der Waals surface area contributed by atoms with Crippen LogP contribution in [0.1, 0.15) is 24.0 Å². The van der Waals surface area contributed by atoms with E-state index < -0.39 is 0 Å². The summed E-state index contributed by atoms with van der Waals surface area (Å²) in [5.74, 6) is 0.695. The molecule has 2 rings (SSSR count). The molecule has 1 saturated heterocycles. The van der Waals surface area contributed by atoms with Crippen molar-refractivity contribution in [2.75, 3.05) is 27.3 Å². The Kier molecular flexibility index (Phi) is 4.98. The Labute approximate surface area is 120 Å². The number of likely N-dealkylation sites (tertiary alicyclic amines) is 1. The summed E-state index contributed by atoms with van der Waals surface area (Å²) in [5.41, 5.74) is 7.35. The van der Waals surface area contributed by atoms with Gasteiger partial charge in [-0.25, -0.2) is 0 Å². The minimum atomic E-state index is 0.0332. The second-order valence-corrected chi connectivity index (χ2v) is 5.18. The van der Waals surface area contributed by atoms with E-state index in [-0.39, 0.29) is 5.84 Å². The van der Waals surface area contributed by atoms with E-state index in [1.807, 2.05) is 18.2 Å². The van der Waals surface area contributed by atoms with Gasteiger partial charge in [0.25, 0.3) is 0 Å². The van der Waals surface area contributed by atoms with Crippen LogP contribution in [0.5, 0.6) is 5.75 Å². The molecule has 110 valence electrons. The molecule has 1 fully saturated rings. The minimum Gasteiger partial charge on any atom is -0.496 e. The number of rotatable bonds is 5. The van der Waals surface area contributed by atoms with Crippen LogP contribution in [0, 0.1) is 5.41 Å². The Morgan fingerprint density at radius 1 is 1.45 bits per heavy atom. The number of nitrogens with zero attached hydrogens (tertiary/aromatic N) is 1. The smallest absolute Gasteiger partial charge is 0.130 e. The normalized spacial score (nSPS) is 19.8. The zero-order chi connectivity index (χ0) is 14.5. The number of hydrogen-bond donors (Lipinski definition) is 2. The zero-order valence-electron chi connectivity index (χ0n) is 12.2. The summed E-state index contributed by atoms with van der Waals surface area (Å²) in [5, 5.41) is 7.53. The lowest BCUT2D eigenvalue weighted by atomic mass is 10.1. The van der Waals surface area contributed by atoms with Crippen LogP contribution in [-0.2, 0) is 11.3 Å². The maximum absolute atomic E-state index is 7.53. The van der Waals surface area contributed by atoms with Crippen LogP contribution in [0.3, 0.4) is 0 Å². The van der Waals surface area contributed by atoms with Gasteiger partial charge in [0.05, 0.1) is 18.8 Å². The molecule has 1 aliphatic heterocycles. The molecule has 20 heavy (non-hydrogen) atoms. The number of nitrogen functional groups attached to an aromatic ring is 1. The quantitative estimate of drug-likeness (QED) is 0.633. The summed E-state index contributed by atoms with van der Waals surface area (Å²) in [6.45, 7) is 2.93. The molecule has 5 nitrogen and oxygen atoms in total. The highest BCUT2D eigenvalue weighted by Crippen LogP contribution is 2.22. The minimum absolute atomic E-state index is 0.0332. The van der Waals surface area contributed by atoms with Crippen LogP contribution in [0.4, 0.5) is 0 Å². The van der Waals surface area contributed by atoms with Gasteiger partial charge in [-0.1, -0.05) is 6.07 Å². The molecule has 0 aromatic heterocycles. The molecule has 1 heterocycles. The van der Waals surface area contributed by atoms with Crippen LogP contribution in [0.15, 0.2) is 18.2 Å². The van der Waals surface area contributed by atoms with E-state index in [9.17, 15) is 0 Å². The third-order valence-electron chi connectivity index (χ3n) is 3.76. The zero-order valence-corrected chi connectivity index (χ0v) is 12.2. The molecule has 0 saturated carbocycles. The number of hydrogen-bond acceptors (Lipinski definition) is 4. The van der Waals surface area contributed by atoms with Crippen LogP contribution in [0.2, 0.25) is 0 Å². The number of nitrogens with two attached hydrogens (primary N) is 1. The van der Waals surface area contributed by atoms with Crippen molar-refractivity contribution in [3.8, 4) is 5.75 Å². The topological polar surface area (TPSA) is 71.6 Å². The average Bonchev–Trinajstić information content (AvgIpc) is 2.47. The van der Waals surface area contributed by atoms with E-state index in [1.165, 1.54) is 12.0 Å². The molecule has 5 heteroatoms. The monoisotopic (exact) mass is 277 g/mol. The van der Waals surface area contributed by atoms with Crippen LogP contribution in [0.25, 0.3) is 0 Å². The molecule has 1 unspecified atom stereocenters. The largest absolute Gasteiger partial charge is 0.496 e. The van der Waals surface area contributed by atoms with E-state index in [4.69, 9.17) is 20.6 Å². The van der Waals surface area contributed by atoms with Crippen LogP contribution >= 0.6 is 0 Å². The van der Waals surface area contributed by atoms with Gasteiger partial charge in [0.1, 0.15) is 11.6 Å². The molecule has 1 atom stereocenters. The van der Waals surface area contributed by atoms with E-state index in [2.05, 4.69) is 4.90 Å². The molecular weight excluding hydrogens is 254 g/mol. The standard InChI is InChI=1S/C15H23N3O2/c1-19-12-4-3-7-18(10-12)9-11-5-6-13(15(16)17)14(8-11)20-2/h5-6,8,12H,3-4,7,9-10H2,1-2H3,(H3,16,17). The molecule has 0 spiro atoms. The number of benzene rings is 1. The third kappa shape index (κ3) is 3.49. The molecular formula is C15H23N3O2. The fourth-order valence-electron chi connectivity index (χ4n) is 2.66. The summed E-state index contributed by atoms with van der Waals surface area (Å²) in [4.78, 5) is 2.39. The van der Waals surface area contributed by atoms with Gasteiger partial charge < -0.3 is 15.2 Å². The Balaban J connectivity index is 2.07.